The fourth-order valence-corrected chi connectivity index (χ4v) is 2.47. The Morgan fingerprint density at radius 3 is 2.33 bits per heavy atom. The first kappa shape index (κ1) is 15.2. The van der Waals surface area contributed by atoms with Crippen molar-refractivity contribution < 1.29 is 0 Å². The van der Waals surface area contributed by atoms with Crippen molar-refractivity contribution in [2.45, 2.75) is 71.4 Å². The summed E-state index contributed by atoms with van der Waals surface area (Å²) in [6.45, 7) is 6.87. The SMILES string of the molecule is CCCCCCC(C)NC(C)Cc1ccccc1. The van der Waals surface area contributed by atoms with Crippen LogP contribution in [0.2, 0.25) is 0 Å². The van der Waals surface area contributed by atoms with Gasteiger partial charge in [-0.15, -0.1) is 0 Å². The Bertz CT molecular complexity index is 294. The van der Waals surface area contributed by atoms with Gasteiger partial charge in [-0.1, -0.05) is 62.9 Å². The molecule has 0 radical (unpaired) electrons. The molecule has 0 aromatic heterocycles. The first-order valence-electron chi connectivity index (χ1n) is 7.52. The molecule has 1 heteroatoms. The predicted molar refractivity (Wildman–Crippen MR) is 81.0 cm³/mol. The van der Waals surface area contributed by atoms with E-state index in [1.165, 1.54) is 37.7 Å². The van der Waals surface area contributed by atoms with E-state index in [0.29, 0.717) is 12.1 Å². The van der Waals surface area contributed by atoms with Crippen molar-refractivity contribution >= 4 is 0 Å². The van der Waals surface area contributed by atoms with Crippen LogP contribution in [0, 0.1) is 0 Å². The highest BCUT2D eigenvalue weighted by Gasteiger charge is 2.07. The first-order valence-corrected chi connectivity index (χ1v) is 7.52. The van der Waals surface area contributed by atoms with Crippen LogP contribution in [-0.2, 0) is 6.42 Å². The van der Waals surface area contributed by atoms with Crippen molar-refractivity contribution in [1.29, 1.82) is 0 Å². The van der Waals surface area contributed by atoms with Crippen molar-refractivity contribution in [1.82, 2.24) is 5.32 Å². The van der Waals surface area contributed by atoms with E-state index in [1.54, 1.807) is 0 Å². The molecule has 1 aromatic carbocycles. The van der Waals surface area contributed by atoms with Crippen LogP contribution in [-0.4, -0.2) is 12.1 Å². The maximum absolute atomic E-state index is 3.71. The van der Waals surface area contributed by atoms with Gasteiger partial charge in [-0.2, -0.15) is 0 Å². The Labute approximate surface area is 113 Å². The Kier molecular flexibility index (Phi) is 7.75. The average molecular weight is 247 g/mol. The van der Waals surface area contributed by atoms with Gasteiger partial charge in [0.25, 0.3) is 0 Å². The highest BCUT2D eigenvalue weighted by Crippen LogP contribution is 2.08. The van der Waals surface area contributed by atoms with Crippen molar-refractivity contribution in [2.24, 2.45) is 0 Å². The molecular formula is C17H29N. The maximum atomic E-state index is 3.71. The number of benzene rings is 1. The normalized spacial score (nSPS) is 14.4. The number of hydrogen-bond donors (Lipinski definition) is 1. The van der Waals surface area contributed by atoms with Gasteiger partial charge in [0.2, 0.25) is 0 Å². The van der Waals surface area contributed by atoms with Crippen LogP contribution in [0.4, 0.5) is 0 Å². The Hall–Kier alpha value is -0.820. The van der Waals surface area contributed by atoms with Crippen LogP contribution < -0.4 is 5.32 Å². The van der Waals surface area contributed by atoms with Crippen LogP contribution in [0.1, 0.15) is 58.4 Å². The topological polar surface area (TPSA) is 12.0 Å². The molecule has 0 heterocycles. The van der Waals surface area contributed by atoms with Crippen molar-refractivity contribution in [3.63, 3.8) is 0 Å². The van der Waals surface area contributed by atoms with E-state index in [-0.39, 0.29) is 0 Å². The molecule has 0 saturated carbocycles. The summed E-state index contributed by atoms with van der Waals surface area (Å²) >= 11 is 0. The minimum atomic E-state index is 0.563. The molecule has 1 aromatic rings. The summed E-state index contributed by atoms with van der Waals surface area (Å²) in [7, 11) is 0. The zero-order valence-electron chi connectivity index (χ0n) is 12.3. The van der Waals surface area contributed by atoms with Crippen molar-refractivity contribution in [3.05, 3.63) is 35.9 Å². The number of nitrogens with one attached hydrogen (secondary N) is 1. The predicted octanol–water partition coefficient (Wildman–Crippen LogP) is 4.57. The van der Waals surface area contributed by atoms with Crippen LogP contribution in [0.15, 0.2) is 30.3 Å². The minimum Gasteiger partial charge on any atom is -0.311 e. The molecule has 0 aliphatic carbocycles. The van der Waals surface area contributed by atoms with Gasteiger partial charge < -0.3 is 5.32 Å². The smallest absolute Gasteiger partial charge is 0.00816 e. The maximum Gasteiger partial charge on any atom is 0.00816 e. The molecule has 0 aliphatic rings. The summed E-state index contributed by atoms with van der Waals surface area (Å²) in [4.78, 5) is 0. The quantitative estimate of drug-likeness (QED) is 0.630. The third kappa shape index (κ3) is 6.80. The van der Waals surface area contributed by atoms with Gasteiger partial charge in [0.15, 0.2) is 0 Å². The molecular weight excluding hydrogens is 218 g/mol. The zero-order valence-corrected chi connectivity index (χ0v) is 12.3. The largest absolute Gasteiger partial charge is 0.311 e. The fraction of sp³-hybridized carbons (Fsp3) is 0.647. The van der Waals surface area contributed by atoms with Crippen molar-refractivity contribution in [2.75, 3.05) is 0 Å². The van der Waals surface area contributed by atoms with E-state index in [1.807, 2.05) is 0 Å². The summed E-state index contributed by atoms with van der Waals surface area (Å²) in [5.41, 5.74) is 1.43. The summed E-state index contributed by atoms with van der Waals surface area (Å²) in [5, 5.41) is 3.71. The second kappa shape index (κ2) is 9.16. The molecule has 1 N–H and O–H groups in total. The lowest BCUT2D eigenvalue weighted by Gasteiger charge is -2.20. The van der Waals surface area contributed by atoms with Gasteiger partial charge in [-0.05, 0) is 32.3 Å². The molecule has 1 rings (SSSR count). The van der Waals surface area contributed by atoms with Crippen LogP contribution >= 0.6 is 0 Å². The molecule has 0 amide bonds. The van der Waals surface area contributed by atoms with Gasteiger partial charge >= 0.3 is 0 Å². The molecule has 18 heavy (non-hydrogen) atoms. The molecule has 0 aliphatic heterocycles. The number of unbranched alkanes of at least 4 members (excludes halogenated alkanes) is 3. The molecule has 1 nitrogen and oxygen atoms in total. The van der Waals surface area contributed by atoms with E-state index in [4.69, 9.17) is 0 Å². The van der Waals surface area contributed by atoms with Crippen LogP contribution in [0.25, 0.3) is 0 Å². The van der Waals surface area contributed by atoms with Gasteiger partial charge in [0.05, 0.1) is 0 Å². The Morgan fingerprint density at radius 2 is 1.67 bits per heavy atom. The lowest BCUT2D eigenvalue weighted by Crippen LogP contribution is -2.35. The third-order valence-corrected chi connectivity index (χ3v) is 3.44. The highest BCUT2D eigenvalue weighted by molar-refractivity contribution is 5.15. The Morgan fingerprint density at radius 1 is 0.944 bits per heavy atom. The third-order valence-electron chi connectivity index (χ3n) is 3.44. The monoisotopic (exact) mass is 247 g/mol. The lowest BCUT2D eigenvalue weighted by molar-refractivity contribution is 0.428. The molecule has 2 unspecified atom stereocenters. The first-order chi connectivity index (χ1) is 8.72. The Balaban J connectivity index is 2.17. The molecule has 0 bridgehead atoms. The molecule has 0 spiro atoms. The second-order valence-corrected chi connectivity index (χ2v) is 5.51. The number of hydrogen-bond acceptors (Lipinski definition) is 1. The number of rotatable bonds is 9. The van der Waals surface area contributed by atoms with E-state index in [2.05, 4.69) is 56.4 Å². The lowest BCUT2D eigenvalue weighted by atomic mass is 10.0. The average Bonchev–Trinajstić information content (AvgIpc) is 2.35. The molecule has 102 valence electrons. The standard InChI is InChI=1S/C17H29N/c1-4-5-6-8-11-15(2)18-16(3)14-17-12-9-7-10-13-17/h7,9-10,12-13,15-16,18H,4-6,8,11,14H2,1-3H3. The van der Waals surface area contributed by atoms with Gasteiger partial charge in [0.1, 0.15) is 0 Å². The summed E-state index contributed by atoms with van der Waals surface area (Å²) in [5.74, 6) is 0. The van der Waals surface area contributed by atoms with Crippen LogP contribution in [0.3, 0.4) is 0 Å². The van der Waals surface area contributed by atoms with Gasteiger partial charge in [0, 0.05) is 12.1 Å². The molecule has 0 saturated heterocycles. The minimum absolute atomic E-state index is 0.563. The zero-order chi connectivity index (χ0) is 13.2. The summed E-state index contributed by atoms with van der Waals surface area (Å²) in [6.07, 6.45) is 7.88. The molecule has 0 fully saturated rings. The van der Waals surface area contributed by atoms with E-state index in [9.17, 15) is 0 Å². The summed E-state index contributed by atoms with van der Waals surface area (Å²) < 4.78 is 0. The van der Waals surface area contributed by atoms with E-state index < -0.39 is 0 Å². The van der Waals surface area contributed by atoms with Gasteiger partial charge in [-0.3, -0.25) is 0 Å². The van der Waals surface area contributed by atoms with Crippen LogP contribution in [0.5, 0.6) is 0 Å². The highest BCUT2D eigenvalue weighted by atomic mass is 14.9. The van der Waals surface area contributed by atoms with Crippen molar-refractivity contribution in [3.8, 4) is 0 Å². The summed E-state index contributed by atoms with van der Waals surface area (Å²) in [6, 6.07) is 12.0. The van der Waals surface area contributed by atoms with Gasteiger partial charge in [-0.25, -0.2) is 0 Å². The fourth-order valence-electron chi connectivity index (χ4n) is 2.47. The molecule has 2 atom stereocenters. The van der Waals surface area contributed by atoms with E-state index in [0.717, 1.165) is 6.42 Å². The second-order valence-electron chi connectivity index (χ2n) is 5.51. The van der Waals surface area contributed by atoms with E-state index >= 15 is 0 Å².